The summed E-state index contributed by atoms with van der Waals surface area (Å²) < 4.78 is 0.650. The van der Waals surface area contributed by atoms with E-state index < -0.39 is 0 Å². The van der Waals surface area contributed by atoms with E-state index in [1.807, 2.05) is 25.1 Å². The molecule has 0 unspecified atom stereocenters. The van der Waals surface area contributed by atoms with Gasteiger partial charge in [-0.25, -0.2) is 0 Å². The predicted molar refractivity (Wildman–Crippen MR) is 98.7 cm³/mol. The minimum absolute atomic E-state index is 0.0849. The van der Waals surface area contributed by atoms with E-state index in [0.717, 1.165) is 23.2 Å². The van der Waals surface area contributed by atoms with Gasteiger partial charge in [0.05, 0.1) is 5.75 Å². The monoisotopic (exact) mass is 364 g/mol. The zero-order valence-corrected chi connectivity index (χ0v) is 15.5. The van der Waals surface area contributed by atoms with Crippen molar-refractivity contribution in [3.05, 3.63) is 29.3 Å². The Morgan fingerprint density at radius 2 is 1.96 bits per heavy atom. The maximum atomic E-state index is 12.2. The third kappa shape index (κ3) is 5.04. The predicted octanol–water partition coefficient (Wildman–Crippen LogP) is 3.49. The summed E-state index contributed by atoms with van der Waals surface area (Å²) in [6.07, 6.45) is 1.25. The zero-order valence-electron chi connectivity index (χ0n) is 13.9. The molecule has 0 fully saturated rings. The molecular weight excluding hydrogens is 344 g/mol. The Kier molecular flexibility index (Phi) is 6.74. The number of rotatable bonds is 7. The lowest BCUT2D eigenvalue weighted by Crippen LogP contribution is -2.16. The number of aromatic nitrogens is 2. The van der Waals surface area contributed by atoms with Gasteiger partial charge in [0.15, 0.2) is 4.34 Å². The first kappa shape index (κ1) is 18.4. The summed E-state index contributed by atoms with van der Waals surface area (Å²) in [6.45, 7) is 5.81. The largest absolute Gasteiger partial charge is 0.325 e. The number of amides is 2. The molecule has 2 rings (SSSR count). The van der Waals surface area contributed by atoms with Gasteiger partial charge in [0.25, 0.3) is 0 Å². The lowest BCUT2D eigenvalue weighted by molar-refractivity contribution is -0.116. The molecule has 0 spiro atoms. The van der Waals surface area contributed by atoms with Crippen molar-refractivity contribution in [2.45, 2.75) is 38.0 Å². The summed E-state index contributed by atoms with van der Waals surface area (Å²) >= 11 is 2.57. The lowest BCUT2D eigenvalue weighted by atomic mass is 10.1. The third-order valence-corrected chi connectivity index (χ3v) is 5.28. The van der Waals surface area contributed by atoms with Crippen LogP contribution in [0.3, 0.4) is 0 Å². The highest BCUT2D eigenvalue weighted by molar-refractivity contribution is 8.01. The zero-order chi connectivity index (χ0) is 17.5. The van der Waals surface area contributed by atoms with E-state index >= 15 is 0 Å². The van der Waals surface area contributed by atoms with Crippen LogP contribution in [0.5, 0.6) is 0 Å². The topological polar surface area (TPSA) is 84.0 Å². The summed E-state index contributed by atoms with van der Waals surface area (Å²) in [5.74, 6) is 0.0545. The fourth-order valence-corrected chi connectivity index (χ4v) is 3.60. The molecule has 0 bridgehead atoms. The standard InChI is InChI=1S/C16H20N4O2S2/c1-4-11-8-6-7-10(3)14(11)17-13(22)9-23-16-20-19-15(24-16)18-12(21)5-2/h6-8H,4-5,9H2,1-3H3,(H,17,22)(H,18,19,21). The average Bonchev–Trinajstić information content (AvgIpc) is 3.02. The summed E-state index contributed by atoms with van der Waals surface area (Å²) in [5.41, 5.74) is 3.06. The second-order valence-corrected chi connectivity index (χ2v) is 7.27. The van der Waals surface area contributed by atoms with Gasteiger partial charge in [0, 0.05) is 12.1 Å². The van der Waals surface area contributed by atoms with E-state index in [2.05, 4.69) is 27.8 Å². The molecule has 1 aromatic heterocycles. The Morgan fingerprint density at radius 3 is 2.67 bits per heavy atom. The van der Waals surface area contributed by atoms with Crippen molar-refractivity contribution in [3.63, 3.8) is 0 Å². The van der Waals surface area contributed by atoms with E-state index in [4.69, 9.17) is 0 Å². The quantitative estimate of drug-likeness (QED) is 0.580. The lowest BCUT2D eigenvalue weighted by Gasteiger charge is -2.12. The molecule has 8 heteroatoms. The minimum atomic E-state index is -0.105. The van der Waals surface area contributed by atoms with Crippen LogP contribution in [0.4, 0.5) is 10.8 Å². The molecule has 2 aromatic rings. The molecule has 0 aliphatic rings. The Labute approximate surface area is 149 Å². The molecule has 1 heterocycles. The Bertz CT molecular complexity index is 731. The van der Waals surface area contributed by atoms with Crippen LogP contribution >= 0.6 is 23.1 Å². The fraction of sp³-hybridized carbons (Fsp3) is 0.375. The number of nitrogens with zero attached hydrogens (tertiary/aromatic N) is 2. The van der Waals surface area contributed by atoms with Gasteiger partial charge >= 0.3 is 0 Å². The Hall–Kier alpha value is -1.93. The van der Waals surface area contributed by atoms with Crippen molar-refractivity contribution in [1.29, 1.82) is 0 Å². The number of benzene rings is 1. The van der Waals surface area contributed by atoms with E-state index in [1.54, 1.807) is 6.92 Å². The van der Waals surface area contributed by atoms with E-state index in [-0.39, 0.29) is 17.6 Å². The van der Waals surface area contributed by atoms with E-state index in [9.17, 15) is 9.59 Å². The Morgan fingerprint density at radius 1 is 1.17 bits per heavy atom. The number of para-hydroxylation sites is 1. The van der Waals surface area contributed by atoms with E-state index in [1.165, 1.54) is 23.1 Å². The van der Waals surface area contributed by atoms with Gasteiger partial charge in [-0.1, -0.05) is 55.1 Å². The van der Waals surface area contributed by atoms with Gasteiger partial charge < -0.3 is 10.6 Å². The summed E-state index contributed by atoms with van der Waals surface area (Å²) in [5, 5.41) is 13.9. The molecule has 0 aliphatic heterocycles. The van der Waals surface area contributed by atoms with Gasteiger partial charge in [-0.2, -0.15) is 0 Å². The Balaban J connectivity index is 1.91. The highest BCUT2D eigenvalue weighted by Crippen LogP contribution is 2.26. The van der Waals surface area contributed by atoms with Crippen LogP contribution in [0.2, 0.25) is 0 Å². The van der Waals surface area contributed by atoms with Crippen molar-refractivity contribution in [2.24, 2.45) is 0 Å². The van der Waals surface area contributed by atoms with Crippen LogP contribution in [0.25, 0.3) is 0 Å². The molecular formula is C16H20N4O2S2. The highest BCUT2D eigenvalue weighted by Gasteiger charge is 2.12. The van der Waals surface area contributed by atoms with Crippen LogP contribution in [-0.2, 0) is 16.0 Å². The maximum absolute atomic E-state index is 12.2. The summed E-state index contributed by atoms with van der Waals surface area (Å²) in [7, 11) is 0. The number of hydrogen-bond acceptors (Lipinski definition) is 6. The van der Waals surface area contributed by atoms with E-state index in [0.29, 0.717) is 15.9 Å². The van der Waals surface area contributed by atoms with Gasteiger partial charge in [0.2, 0.25) is 16.9 Å². The number of carbonyl (C=O) groups is 2. The second-order valence-electron chi connectivity index (χ2n) is 5.07. The number of anilines is 2. The van der Waals surface area contributed by atoms with Crippen LogP contribution in [0, 0.1) is 6.92 Å². The SMILES string of the molecule is CCC(=O)Nc1nnc(SCC(=O)Nc2c(C)cccc2CC)s1. The van der Waals surface area contributed by atoms with Crippen LogP contribution < -0.4 is 10.6 Å². The van der Waals surface area contributed by atoms with Crippen molar-refractivity contribution < 1.29 is 9.59 Å². The molecule has 6 nitrogen and oxygen atoms in total. The van der Waals surface area contributed by atoms with Crippen molar-refractivity contribution in [1.82, 2.24) is 10.2 Å². The molecule has 24 heavy (non-hydrogen) atoms. The first-order valence-corrected chi connectivity index (χ1v) is 9.48. The number of nitrogens with one attached hydrogen (secondary N) is 2. The van der Waals surface area contributed by atoms with Crippen molar-refractivity contribution in [3.8, 4) is 0 Å². The molecule has 0 aliphatic carbocycles. The smallest absolute Gasteiger partial charge is 0.234 e. The molecule has 0 atom stereocenters. The first-order valence-electron chi connectivity index (χ1n) is 7.68. The van der Waals surface area contributed by atoms with Gasteiger partial charge in [-0.15, -0.1) is 10.2 Å². The van der Waals surface area contributed by atoms with Crippen LogP contribution in [-0.4, -0.2) is 27.8 Å². The molecule has 2 N–H and O–H groups in total. The van der Waals surface area contributed by atoms with Gasteiger partial charge in [-0.05, 0) is 24.5 Å². The molecule has 0 saturated carbocycles. The van der Waals surface area contributed by atoms with Crippen molar-refractivity contribution >= 4 is 45.7 Å². The summed E-state index contributed by atoms with van der Waals surface area (Å²) in [6, 6.07) is 5.99. The van der Waals surface area contributed by atoms with Gasteiger partial charge in [-0.3, -0.25) is 9.59 Å². The molecule has 0 radical (unpaired) electrons. The number of thioether (sulfide) groups is 1. The number of hydrogen-bond donors (Lipinski definition) is 2. The van der Waals surface area contributed by atoms with Gasteiger partial charge in [0.1, 0.15) is 0 Å². The molecule has 1 aromatic carbocycles. The molecule has 128 valence electrons. The number of carbonyl (C=O) groups excluding carboxylic acids is 2. The molecule has 2 amide bonds. The van der Waals surface area contributed by atoms with Crippen molar-refractivity contribution in [2.75, 3.05) is 16.4 Å². The third-order valence-electron chi connectivity index (χ3n) is 3.31. The molecule has 0 saturated heterocycles. The fourth-order valence-electron chi connectivity index (χ4n) is 2.03. The highest BCUT2D eigenvalue weighted by atomic mass is 32.2. The normalized spacial score (nSPS) is 10.5. The number of aryl methyl sites for hydroxylation is 2. The average molecular weight is 364 g/mol. The van der Waals surface area contributed by atoms with Crippen LogP contribution in [0.15, 0.2) is 22.5 Å². The second kappa shape index (κ2) is 8.79. The van der Waals surface area contributed by atoms with Crippen LogP contribution in [0.1, 0.15) is 31.4 Å². The summed E-state index contributed by atoms with van der Waals surface area (Å²) in [4.78, 5) is 23.5. The minimum Gasteiger partial charge on any atom is -0.325 e. The first-order chi connectivity index (χ1) is 11.5. The maximum Gasteiger partial charge on any atom is 0.234 e.